The molecule has 24 heteroatoms. The minimum atomic E-state index is -4.67. The van der Waals surface area contributed by atoms with Gasteiger partial charge in [-0.3, -0.25) is 13.9 Å². The Labute approximate surface area is 480 Å². The number of hydrogen-bond acceptors (Lipinski definition) is 19. The summed E-state index contributed by atoms with van der Waals surface area (Å²) >= 11 is 5.11. The second-order valence-corrected chi connectivity index (χ2v) is 23.7. The third-order valence-corrected chi connectivity index (χ3v) is 16.2. The van der Waals surface area contributed by atoms with Crippen molar-refractivity contribution in [2.24, 2.45) is 0 Å². The molecular formula is C56H80N2O18S4. The maximum Gasteiger partial charge on any atom is 0.303 e. The molecule has 0 radical (unpaired) electrons. The van der Waals surface area contributed by atoms with Crippen LogP contribution in [0, 0.1) is 0 Å². The van der Waals surface area contributed by atoms with Crippen molar-refractivity contribution in [1.82, 2.24) is 0 Å². The van der Waals surface area contributed by atoms with Crippen LogP contribution in [-0.2, 0) is 78.5 Å². The van der Waals surface area contributed by atoms with Crippen molar-refractivity contribution < 1.29 is 83.0 Å². The average molecular weight is 1200 g/mol. The number of allylic oxidation sites excluding steroid dienone is 4. The zero-order chi connectivity index (χ0) is 58.2. The molecule has 0 spiro atoms. The highest BCUT2D eigenvalue weighted by Crippen LogP contribution is 2.52. The van der Waals surface area contributed by atoms with Crippen LogP contribution in [0.3, 0.4) is 0 Å². The summed E-state index contributed by atoms with van der Waals surface area (Å²) < 4.78 is 132. The number of aliphatic carboxylic acids is 1. The Balaban J connectivity index is 1.48. The van der Waals surface area contributed by atoms with Gasteiger partial charge in [-0.15, -0.1) is 12.6 Å². The van der Waals surface area contributed by atoms with Crippen molar-refractivity contribution in [2.45, 2.75) is 89.7 Å². The first-order chi connectivity index (χ1) is 38.3. The van der Waals surface area contributed by atoms with Crippen molar-refractivity contribution >= 4 is 83.8 Å². The lowest BCUT2D eigenvalue weighted by Gasteiger charge is -2.33. The molecule has 1 heterocycles. The third-order valence-electron chi connectivity index (χ3n) is 13.6. The Bertz CT molecular complexity index is 2900. The van der Waals surface area contributed by atoms with Crippen LogP contribution in [0.25, 0.3) is 21.5 Å². The molecule has 5 rings (SSSR count). The van der Waals surface area contributed by atoms with Gasteiger partial charge in [0.2, 0.25) is 0 Å². The van der Waals surface area contributed by atoms with E-state index in [-0.39, 0.29) is 27.7 Å². The number of carboxylic acids is 1. The Hall–Kier alpha value is -3.93. The molecule has 5 N–H and O–H groups in total. The number of ether oxygens (including phenoxy) is 9. The predicted molar refractivity (Wildman–Crippen MR) is 312 cm³/mol. The van der Waals surface area contributed by atoms with E-state index in [0.717, 1.165) is 22.5 Å². The van der Waals surface area contributed by atoms with E-state index >= 15 is 0 Å². The van der Waals surface area contributed by atoms with Gasteiger partial charge in [-0.2, -0.15) is 16.8 Å². The Kier molecular flexibility index (Phi) is 27.9. The van der Waals surface area contributed by atoms with Crippen molar-refractivity contribution in [3.63, 3.8) is 0 Å². The molecule has 0 saturated carbocycles. The van der Waals surface area contributed by atoms with E-state index in [1.807, 2.05) is 56.3 Å². The first-order valence-electron chi connectivity index (χ1n) is 26.6. The molecule has 0 aliphatic carbocycles. The van der Waals surface area contributed by atoms with Gasteiger partial charge in [0.05, 0.1) is 109 Å². The van der Waals surface area contributed by atoms with Gasteiger partial charge in [-0.05, 0) is 101 Å². The van der Waals surface area contributed by atoms with Crippen LogP contribution in [0.4, 0.5) is 11.4 Å². The normalized spacial score (nSPS) is 15.0. The van der Waals surface area contributed by atoms with Crippen molar-refractivity contribution in [1.29, 1.82) is 0 Å². The Morgan fingerprint density at radius 1 is 0.688 bits per heavy atom. The molecule has 80 heavy (non-hydrogen) atoms. The Morgan fingerprint density at radius 3 is 1.76 bits per heavy atom. The lowest BCUT2D eigenvalue weighted by atomic mass is 9.74. The van der Waals surface area contributed by atoms with Gasteiger partial charge in [0, 0.05) is 90.1 Å². The zero-order valence-electron chi connectivity index (χ0n) is 46.4. The molecule has 0 aromatic heterocycles. The summed E-state index contributed by atoms with van der Waals surface area (Å²) in [7, 11) is -6.10. The molecule has 1 aliphatic rings. The van der Waals surface area contributed by atoms with E-state index in [1.54, 1.807) is 14.2 Å². The molecule has 4 aromatic carbocycles. The standard InChI is InChI=1S/C56H80N2O18S4/c1-55(2)51(58(20-10-6-7-12-52(59)60)48-16-14-44-46(54(48)55)38-42(80(65,66)67)40-50(44)78-61)11-8-9-17-56(3,18-21-70-27-29-74-33-31-72-25-23-68-4)53-45-37-41(79(62,63)64)39-49(77)43(45)13-15-47(53)57-19-22-71-28-30-75-35-36-76-34-32-73-26-24-69-5/h8-9,11,13-16,37-40,57,61,77H,6-7,10,12,17-36H2,1-5H3,(H,59,60)(H,62,63,64)(H,65,66,67)/b9-8+,51-11+. The molecule has 1 unspecified atom stereocenters. The summed E-state index contributed by atoms with van der Waals surface area (Å²) in [5.74, 6) is -0.873. The first kappa shape index (κ1) is 66.9. The Morgan fingerprint density at radius 2 is 1.21 bits per heavy atom. The van der Waals surface area contributed by atoms with Gasteiger partial charge in [0.25, 0.3) is 20.2 Å². The SMILES string of the molecule is COCCOCCOCCOCCOCCNc1ccc2c(S)cc(S(=O)(=O)O)cc2c1C(C)(C/C=C/C=C1/N(CCCCCC(=O)O)c2ccc3c(SO)cc(S(=O)(=O)O)cc3c2C1(C)C)CCOCCOCCOCCOC. The van der Waals surface area contributed by atoms with Gasteiger partial charge in [0.15, 0.2) is 0 Å². The van der Waals surface area contributed by atoms with Gasteiger partial charge >= 0.3 is 5.97 Å². The second kappa shape index (κ2) is 33.4. The maximum absolute atomic E-state index is 12.8. The van der Waals surface area contributed by atoms with Gasteiger partial charge in [-0.1, -0.05) is 51.5 Å². The van der Waals surface area contributed by atoms with Crippen LogP contribution in [0.5, 0.6) is 0 Å². The number of nitrogens with zero attached hydrogens (tertiary/aromatic N) is 1. The molecule has 4 aromatic rings. The fourth-order valence-corrected chi connectivity index (χ4v) is 11.6. The number of thiol groups is 1. The van der Waals surface area contributed by atoms with Crippen molar-refractivity contribution in [3.05, 3.63) is 83.6 Å². The van der Waals surface area contributed by atoms with Crippen LogP contribution >= 0.6 is 24.7 Å². The summed E-state index contributed by atoms with van der Waals surface area (Å²) in [4.78, 5) is 13.5. The van der Waals surface area contributed by atoms with Crippen LogP contribution in [-0.4, -0.2) is 175 Å². The highest BCUT2D eigenvalue weighted by atomic mass is 32.2. The van der Waals surface area contributed by atoms with Gasteiger partial charge in [-0.25, -0.2) is 0 Å². The number of unbranched alkanes of at least 4 members (excludes halogenated alkanes) is 2. The minimum Gasteiger partial charge on any atom is -0.481 e. The number of carboxylic acid groups (broad SMARTS) is 1. The van der Waals surface area contributed by atoms with E-state index in [4.69, 9.17) is 55.3 Å². The lowest BCUT2D eigenvalue weighted by molar-refractivity contribution is -0.137. The number of fused-ring (bicyclic) bond motifs is 4. The van der Waals surface area contributed by atoms with Crippen LogP contribution < -0.4 is 10.2 Å². The van der Waals surface area contributed by atoms with Crippen LogP contribution in [0.1, 0.15) is 70.4 Å². The molecule has 1 aliphatic heterocycles. The van der Waals surface area contributed by atoms with Gasteiger partial charge in [0.1, 0.15) is 0 Å². The summed E-state index contributed by atoms with van der Waals surface area (Å²) in [6.07, 6.45) is 8.62. The molecule has 20 nitrogen and oxygen atoms in total. The summed E-state index contributed by atoms with van der Waals surface area (Å²) in [6.45, 7) is 13.4. The highest BCUT2D eigenvalue weighted by Gasteiger charge is 2.41. The summed E-state index contributed by atoms with van der Waals surface area (Å²) in [5, 5.41) is 15.2. The fourth-order valence-electron chi connectivity index (χ4n) is 9.62. The number of benzene rings is 4. The number of nitrogens with one attached hydrogen (secondary N) is 1. The first-order valence-corrected chi connectivity index (χ1v) is 30.7. The number of carbonyl (C=O) groups is 1. The predicted octanol–water partition coefficient (Wildman–Crippen LogP) is 9.08. The minimum absolute atomic E-state index is 0.0371. The van der Waals surface area contributed by atoms with Crippen molar-refractivity contribution in [2.75, 3.05) is 143 Å². The largest absolute Gasteiger partial charge is 0.481 e. The number of anilines is 2. The fraction of sp³-hybridized carbons (Fsp3) is 0.554. The van der Waals surface area contributed by atoms with E-state index in [2.05, 4.69) is 17.1 Å². The number of rotatable bonds is 41. The average Bonchev–Trinajstić information content (AvgIpc) is 3.88. The topological polar surface area (TPSA) is 265 Å². The number of methoxy groups -OCH3 is 2. The van der Waals surface area contributed by atoms with Crippen molar-refractivity contribution in [3.8, 4) is 0 Å². The highest BCUT2D eigenvalue weighted by molar-refractivity contribution is 7.94. The molecule has 446 valence electrons. The smallest absolute Gasteiger partial charge is 0.303 e. The summed E-state index contributed by atoms with van der Waals surface area (Å²) in [6, 6.07) is 13.0. The zero-order valence-corrected chi connectivity index (χ0v) is 49.8. The van der Waals surface area contributed by atoms with E-state index < -0.39 is 37.0 Å². The quantitative estimate of drug-likeness (QED) is 0.0105. The summed E-state index contributed by atoms with van der Waals surface area (Å²) in [5.41, 5.74) is 2.33. The molecule has 0 bridgehead atoms. The number of hydrogen-bond donors (Lipinski definition) is 6. The molecule has 1 atom stereocenters. The maximum atomic E-state index is 12.8. The molecule has 0 saturated heterocycles. The molecule has 0 fully saturated rings. The lowest BCUT2D eigenvalue weighted by Crippen LogP contribution is -2.27. The second-order valence-electron chi connectivity index (χ2n) is 19.7. The van der Waals surface area contributed by atoms with E-state index in [1.165, 1.54) is 24.3 Å². The molecular weight excluding hydrogens is 1120 g/mol. The monoisotopic (exact) mass is 1200 g/mol. The third kappa shape index (κ3) is 19.9. The van der Waals surface area contributed by atoms with Crippen LogP contribution in [0.2, 0.25) is 0 Å². The molecule has 0 amide bonds. The van der Waals surface area contributed by atoms with E-state index in [0.29, 0.717) is 188 Å². The van der Waals surface area contributed by atoms with Gasteiger partial charge < -0.3 is 62.5 Å². The van der Waals surface area contributed by atoms with E-state index in [9.17, 15) is 40.4 Å². The van der Waals surface area contributed by atoms with Crippen LogP contribution in [0.15, 0.2) is 92.0 Å².